The maximum Gasteiger partial charge on any atom is 0.257 e. The highest BCUT2D eigenvalue weighted by Crippen LogP contribution is 2.31. The van der Waals surface area contributed by atoms with E-state index in [1.165, 1.54) is 0 Å². The van der Waals surface area contributed by atoms with Crippen LogP contribution in [0, 0.1) is 0 Å². The van der Waals surface area contributed by atoms with Gasteiger partial charge in [-0.1, -0.05) is 12.1 Å². The first-order valence-electron chi connectivity index (χ1n) is 7.07. The van der Waals surface area contributed by atoms with E-state index in [2.05, 4.69) is 15.3 Å². The summed E-state index contributed by atoms with van der Waals surface area (Å²) in [7, 11) is 3.24. The van der Waals surface area contributed by atoms with E-state index in [1.807, 2.05) is 32.0 Å². The van der Waals surface area contributed by atoms with Gasteiger partial charge < -0.3 is 19.5 Å². The van der Waals surface area contributed by atoms with Crippen molar-refractivity contribution in [2.75, 3.05) is 19.5 Å². The number of ether oxygens (including phenoxy) is 3. The predicted molar refractivity (Wildman–Crippen MR) is 84.7 cm³/mol. The number of benzene rings is 1. The average Bonchev–Trinajstić information content (AvgIpc) is 2.53. The molecular weight excluding hydrogens is 282 g/mol. The molecule has 1 N–H and O–H groups in total. The Morgan fingerprint density at radius 2 is 1.86 bits per heavy atom. The van der Waals surface area contributed by atoms with Gasteiger partial charge in [-0.25, -0.2) is 9.97 Å². The second-order valence-corrected chi connectivity index (χ2v) is 4.88. The van der Waals surface area contributed by atoms with Crippen LogP contribution >= 0.6 is 0 Å². The molecule has 2 aromatic rings. The van der Waals surface area contributed by atoms with Gasteiger partial charge in [0.05, 0.1) is 20.3 Å². The highest BCUT2D eigenvalue weighted by Gasteiger charge is 2.12. The van der Waals surface area contributed by atoms with Crippen LogP contribution in [-0.4, -0.2) is 30.3 Å². The molecule has 0 fully saturated rings. The lowest BCUT2D eigenvalue weighted by Gasteiger charge is -2.15. The van der Waals surface area contributed by atoms with Crippen molar-refractivity contribution in [3.05, 3.63) is 36.2 Å². The lowest BCUT2D eigenvalue weighted by atomic mass is 10.2. The van der Waals surface area contributed by atoms with Crippen molar-refractivity contribution in [3.63, 3.8) is 0 Å². The largest absolute Gasteiger partial charge is 0.493 e. The third kappa shape index (κ3) is 3.78. The fraction of sp³-hybridized carbons (Fsp3) is 0.375. The van der Waals surface area contributed by atoms with Gasteiger partial charge in [0, 0.05) is 24.5 Å². The van der Waals surface area contributed by atoms with Gasteiger partial charge in [-0.05, 0) is 19.9 Å². The van der Waals surface area contributed by atoms with E-state index in [0.29, 0.717) is 29.7 Å². The summed E-state index contributed by atoms with van der Waals surface area (Å²) in [6, 6.07) is 5.74. The summed E-state index contributed by atoms with van der Waals surface area (Å²) >= 11 is 0. The molecule has 0 aliphatic rings. The summed E-state index contributed by atoms with van der Waals surface area (Å²) in [6.45, 7) is 4.42. The molecule has 6 nitrogen and oxygen atoms in total. The van der Waals surface area contributed by atoms with Crippen LogP contribution in [-0.2, 0) is 6.54 Å². The molecule has 0 atom stereocenters. The molecule has 2 rings (SSSR count). The molecule has 0 aliphatic carbocycles. The lowest BCUT2D eigenvalue weighted by Crippen LogP contribution is -2.11. The van der Waals surface area contributed by atoms with E-state index < -0.39 is 0 Å². The standard InChI is InChI=1S/C16H21N3O3/c1-11(2)22-16-15(17-8-9-18-16)19-10-12-6-5-7-13(20-3)14(12)21-4/h5-9,11H,10H2,1-4H3,(H,17,19). The van der Waals surface area contributed by atoms with E-state index in [4.69, 9.17) is 14.2 Å². The number of hydrogen-bond donors (Lipinski definition) is 1. The zero-order valence-corrected chi connectivity index (χ0v) is 13.3. The summed E-state index contributed by atoms with van der Waals surface area (Å²) in [4.78, 5) is 8.48. The molecular formula is C16H21N3O3. The van der Waals surface area contributed by atoms with Crippen molar-refractivity contribution in [3.8, 4) is 17.4 Å². The van der Waals surface area contributed by atoms with Crippen LogP contribution in [0.2, 0.25) is 0 Å². The minimum absolute atomic E-state index is 0.0311. The normalized spacial score (nSPS) is 10.4. The minimum Gasteiger partial charge on any atom is -0.493 e. The Hall–Kier alpha value is -2.50. The highest BCUT2D eigenvalue weighted by molar-refractivity contribution is 5.50. The molecule has 0 aliphatic heterocycles. The van der Waals surface area contributed by atoms with Crippen molar-refractivity contribution in [1.29, 1.82) is 0 Å². The van der Waals surface area contributed by atoms with Gasteiger partial charge in [-0.3, -0.25) is 0 Å². The molecule has 118 valence electrons. The quantitative estimate of drug-likeness (QED) is 0.848. The summed E-state index contributed by atoms with van der Waals surface area (Å²) in [5.74, 6) is 2.48. The van der Waals surface area contributed by atoms with E-state index in [1.54, 1.807) is 26.6 Å². The maximum atomic E-state index is 5.64. The van der Waals surface area contributed by atoms with Crippen LogP contribution in [0.15, 0.2) is 30.6 Å². The molecule has 0 radical (unpaired) electrons. The van der Waals surface area contributed by atoms with Gasteiger partial charge in [-0.2, -0.15) is 0 Å². The highest BCUT2D eigenvalue weighted by atomic mass is 16.5. The number of anilines is 1. The molecule has 22 heavy (non-hydrogen) atoms. The van der Waals surface area contributed by atoms with Gasteiger partial charge in [0.1, 0.15) is 0 Å². The molecule has 0 spiro atoms. The SMILES string of the molecule is COc1cccc(CNc2nccnc2OC(C)C)c1OC. The average molecular weight is 303 g/mol. The topological polar surface area (TPSA) is 65.5 Å². The van der Waals surface area contributed by atoms with Crippen molar-refractivity contribution >= 4 is 5.82 Å². The van der Waals surface area contributed by atoms with Crippen molar-refractivity contribution in [2.24, 2.45) is 0 Å². The van der Waals surface area contributed by atoms with Gasteiger partial charge in [0.25, 0.3) is 5.88 Å². The molecule has 0 saturated heterocycles. The Morgan fingerprint density at radius 1 is 1.09 bits per heavy atom. The molecule has 1 heterocycles. The van der Waals surface area contributed by atoms with Crippen molar-refractivity contribution < 1.29 is 14.2 Å². The Bertz CT molecular complexity index is 617. The minimum atomic E-state index is 0.0311. The summed E-state index contributed by atoms with van der Waals surface area (Å²) < 4.78 is 16.4. The van der Waals surface area contributed by atoms with Crippen LogP contribution in [0.5, 0.6) is 17.4 Å². The molecule has 0 unspecified atom stereocenters. The number of nitrogens with zero attached hydrogens (tertiary/aromatic N) is 2. The Morgan fingerprint density at radius 3 is 2.55 bits per heavy atom. The van der Waals surface area contributed by atoms with E-state index in [-0.39, 0.29) is 6.10 Å². The first-order chi connectivity index (χ1) is 10.7. The third-order valence-electron chi connectivity index (χ3n) is 2.94. The maximum absolute atomic E-state index is 5.64. The van der Waals surface area contributed by atoms with Gasteiger partial charge >= 0.3 is 0 Å². The number of para-hydroxylation sites is 1. The van der Waals surface area contributed by atoms with Gasteiger partial charge in [-0.15, -0.1) is 0 Å². The number of aromatic nitrogens is 2. The predicted octanol–water partition coefficient (Wildman–Crippen LogP) is 2.89. The van der Waals surface area contributed by atoms with Crippen LogP contribution < -0.4 is 19.5 Å². The first kappa shape index (κ1) is 15.9. The fourth-order valence-electron chi connectivity index (χ4n) is 2.03. The molecule has 0 saturated carbocycles. The van der Waals surface area contributed by atoms with Crippen LogP contribution in [0.25, 0.3) is 0 Å². The third-order valence-corrected chi connectivity index (χ3v) is 2.94. The Kier molecular flexibility index (Phi) is 5.41. The second kappa shape index (κ2) is 7.49. The van der Waals surface area contributed by atoms with Crippen molar-refractivity contribution in [2.45, 2.75) is 26.5 Å². The van der Waals surface area contributed by atoms with Gasteiger partial charge in [0.2, 0.25) is 0 Å². The van der Waals surface area contributed by atoms with Gasteiger partial charge in [0.15, 0.2) is 17.3 Å². The molecule has 6 heteroatoms. The monoisotopic (exact) mass is 303 g/mol. The van der Waals surface area contributed by atoms with E-state index in [9.17, 15) is 0 Å². The Labute approximate surface area is 130 Å². The van der Waals surface area contributed by atoms with Crippen LogP contribution in [0.3, 0.4) is 0 Å². The second-order valence-electron chi connectivity index (χ2n) is 4.88. The first-order valence-corrected chi connectivity index (χ1v) is 7.07. The zero-order valence-electron chi connectivity index (χ0n) is 13.3. The number of hydrogen-bond acceptors (Lipinski definition) is 6. The summed E-state index contributed by atoms with van der Waals surface area (Å²) in [6.07, 6.45) is 3.26. The van der Waals surface area contributed by atoms with Crippen LogP contribution in [0.1, 0.15) is 19.4 Å². The molecule has 0 bridgehead atoms. The Balaban J connectivity index is 2.17. The zero-order chi connectivity index (χ0) is 15.9. The summed E-state index contributed by atoms with van der Waals surface area (Å²) in [5, 5.41) is 3.23. The van der Waals surface area contributed by atoms with E-state index >= 15 is 0 Å². The molecule has 0 amide bonds. The van der Waals surface area contributed by atoms with Crippen LogP contribution in [0.4, 0.5) is 5.82 Å². The lowest BCUT2D eigenvalue weighted by molar-refractivity contribution is 0.233. The summed E-state index contributed by atoms with van der Waals surface area (Å²) in [5.41, 5.74) is 0.961. The number of methoxy groups -OCH3 is 2. The number of nitrogens with one attached hydrogen (secondary N) is 1. The fourth-order valence-corrected chi connectivity index (χ4v) is 2.03. The number of rotatable bonds is 7. The molecule has 1 aromatic heterocycles. The smallest absolute Gasteiger partial charge is 0.257 e. The molecule has 1 aromatic carbocycles. The van der Waals surface area contributed by atoms with E-state index in [0.717, 1.165) is 5.56 Å². The van der Waals surface area contributed by atoms with Crippen molar-refractivity contribution in [1.82, 2.24) is 9.97 Å².